The van der Waals surface area contributed by atoms with E-state index < -0.39 is 10.9 Å². The van der Waals surface area contributed by atoms with Gasteiger partial charge >= 0.3 is 5.97 Å². The van der Waals surface area contributed by atoms with Crippen LogP contribution in [0, 0.1) is 10.1 Å². The fraction of sp³-hybridized carbons (Fsp3) is 0.222. The molecule has 6 heteroatoms. The van der Waals surface area contributed by atoms with Crippen LogP contribution in [-0.2, 0) is 4.79 Å². The largest absolute Gasteiger partial charge is 0.493 e. The lowest BCUT2D eigenvalue weighted by Crippen LogP contribution is -2.04. The van der Waals surface area contributed by atoms with Crippen LogP contribution in [0.1, 0.15) is 6.42 Å². The van der Waals surface area contributed by atoms with Crippen LogP contribution in [-0.4, -0.2) is 22.6 Å². The van der Waals surface area contributed by atoms with Crippen molar-refractivity contribution in [3.63, 3.8) is 0 Å². The molecule has 0 aliphatic rings. The van der Waals surface area contributed by atoms with E-state index >= 15 is 0 Å². The second kappa shape index (κ2) is 4.94. The van der Waals surface area contributed by atoms with Crippen molar-refractivity contribution in [2.45, 2.75) is 6.42 Å². The summed E-state index contributed by atoms with van der Waals surface area (Å²) in [6, 6.07) is 5.46. The number of nitrogens with zero attached hydrogens (tertiary/aromatic N) is 1. The third kappa shape index (κ3) is 3.63. The van der Waals surface area contributed by atoms with Gasteiger partial charge in [0.1, 0.15) is 5.75 Å². The van der Waals surface area contributed by atoms with Crippen molar-refractivity contribution in [2.24, 2.45) is 0 Å². The van der Waals surface area contributed by atoms with Crippen LogP contribution >= 0.6 is 0 Å². The van der Waals surface area contributed by atoms with Crippen LogP contribution in [0.3, 0.4) is 0 Å². The van der Waals surface area contributed by atoms with E-state index in [1.54, 1.807) is 0 Å². The molecule has 0 amide bonds. The van der Waals surface area contributed by atoms with Gasteiger partial charge in [0.2, 0.25) is 0 Å². The molecule has 15 heavy (non-hydrogen) atoms. The first-order chi connectivity index (χ1) is 7.09. The van der Waals surface area contributed by atoms with E-state index in [1.165, 1.54) is 24.3 Å². The van der Waals surface area contributed by atoms with Gasteiger partial charge in [-0.05, 0) is 12.1 Å². The van der Waals surface area contributed by atoms with Gasteiger partial charge in [0, 0.05) is 12.1 Å². The number of nitro benzene ring substituents is 1. The van der Waals surface area contributed by atoms with E-state index in [-0.39, 0.29) is 18.7 Å². The van der Waals surface area contributed by atoms with Crippen molar-refractivity contribution >= 4 is 11.7 Å². The zero-order valence-electron chi connectivity index (χ0n) is 7.75. The predicted molar refractivity (Wildman–Crippen MR) is 50.8 cm³/mol. The molecule has 0 aromatic heterocycles. The quantitative estimate of drug-likeness (QED) is 0.588. The normalized spacial score (nSPS) is 9.60. The molecule has 0 aliphatic heterocycles. The lowest BCUT2D eigenvalue weighted by molar-refractivity contribution is -0.384. The molecule has 0 spiro atoms. The van der Waals surface area contributed by atoms with Crippen molar-refractivity contribution in [1.29, 1.82) is 0 Å². The van der Waals surface area contributed by atoms with Crippen molar-refractivity contribution in [2.75, 3.05) is 6.61 Å². The lowest BCUT2D eigenvalue weighted by atomic mass is 10.3. The van der Waals surface area contributed by atoms with Gasteiger partial charge in [-0.15, -0.1) is 0 Å². The topological polar surface area (TPSA) is 89.7 Å². The summed E-state index contributed by atoms with van der Waals surface area (Å²) in [5.41, 5.74) is -0.0272. The minimum Gasteiger partial charge on any atom is -0.493 e. The van der Waals surface area contributed by atoms with Gasteiger partial charge in [0.15, 0.2) is 0 Å². The molecule has 6 nitrogen and oxygen atoms in total. The maximum Gasteiger partial charge on any atom is 0.306 e. The molecule has 0 heterocycles. The van der Waals surface area contributed by atoms with Gasteiger partial charge < -0.3 is 9.84 Å². The Morgan fingerprint density at radius 1 is 1.40 bits per heavy atom. The first-order valence-corrected chi connectivity index (χ1v) is 4.18. The molecular weight excluding hydrogens is 202 g/mol. The lowest BCUT2D eigenvalue weighted by Gasteiger charge is -2.03. The minimum atomic E-state index is -0.947. The maximum absolute atomic E-state index is 10.3. The number of nitro groups is 1. The van der Waals surface area contributed by atoms with Gasteiger partial charge in [-0.1, -0.05) is 0 Å². The third-order valence-corrected chi connectivity index (χ3v) is 1.63. The van der Waals surface area contributed by atoms with Gasteiger partial charge in [0.05, 0.1) is 18.0 Å². The monoisotopic (exact) mass is 211 g/mol. The van der Waals surface area contributed by atoms with Crippen molar-refractivity contribution in [3.05, 3.63) is 34.4 Å². The van der Waals surface area contributed by atoms with Crippen LogP contribution in [0.2, 0.25) is 0 Å². The smallest absolute Gasteiger partial charge is 0.306 e. The van der Waals surface area contributed by atoms with Gasteiger partial charge in [-0.25, -0.2) is 0 Å². The highest BCUT2D eigenvalue weighted by molar-refractivity contribution is 5.66. The Bertz CT molecular complexity index is 359. The highest BCUT2D eigenvalue weighted by Gasteiger charge is 2.04. The van der Waals surface area contributed by atoms with E-state index in [0.29, 0.717) is 5.75 Å². The Hall–Kier alpha value is -2.11. The predicted octanol–water partition coefficient (Wildman–Crippen LogP) is 1.45. The van der Waals surface area contributed by atoms with Crippen LogP contribution < -0.4 is 4.74 Å². The number of carbonyl (C=O) groups is 1. The fourth-order valence-corrected chi connectivity index (χ4v) is 0.920. The number of aliphatic carboxylic acids is 1. The van der Waals surface area contributed by atoms with E-state index in [4.69, 9.17) is 9.84 Å². The fourth-order valence-electron chi connectivity index (χ4n) is 0.920. The Morgan fingerprint density at radius 2 is 2.00 bits per heavy atom. The van der Waals surface area contributed by atoms with Gasteiger partial charge in [0.25, 0.3) is 5.69 Å². The summed E-state index contributed by atoms with van der Waals surface area (Å²) in [5.74, 6) is -0.529. The number of hydrogen-bond donors (Lipinski definition) is 1. The van der Waals surface area contributed by atoms with Crippen LogP contribution in [0.15, 0.2) is 24.3 Å². The van der Waals surface area contributed by atoms with Gasteiger partial charge in [-0.3, -0.25) is 14.9 Å². The number of hydrogen-bond acceptors (Lipinski definition) is 4. The number of rotatable bonds is 5. The summed E-state index contributed by atoms with van der Waals surface area (Å²) in [7, 11) is 0. The molecule has 80 valence electrons. The number of non-ortho nitro benzene ring substituents is 1. The Labute approximate surface area is 85.2 Å². The zero-order chi connectivity index (χ0) is 11.3. The molecule has 1 rings (SSSR count). The summed E-state index contributed by atoms with van der Waals surface area (Å²) >= 11 is 0. The number of benzene rings is 1. The summed E-state index contributed by atoms with van der Waals surface area (Å²) in [6.07, 6.45) is -0.100. The van der Waals surface area contributed by atoms with Gasteiger partial charge in [-0.2, -0.15) is 0 Å². The number of carboxylic acid groups (broad SMARTS) is 1. The molecule has 1 aromatic carbocycles. The molecule has 0 saturated carbocycles. The summed E-state index contributed by atoms with van der Waals surface area (Å²) < 4.78 is 5.05. The summed E-state index contributed by atoms with van der Waals surface area (Å²) in [4.78, 5) is 20.0. The van der Waals surface area contributed by atoms with Crippen LogP contribution in [0.4, 0.5) is 5.69 Å². The average Bonchev–Trinajstić information content (AvgIpc) is 2.18. The molecule has 0 atom stereocenters. The molecule has 1 aromatic rings. The molecule has 0 saturated heterocycles. The standard InChI is InChI=1S/C9H9NO5/c11-9(12)5-6-15-8-3-1-7(2-4-8)10(13)14/h1-4H,5-6H2,(H,11,12). The van der Waals surface area contributed by atoms with E-state index in [2.05, 4.69) is 0 Å². The third-order valence-electron chi connectivity index (χ3n) is 1.63. The minimum absolute atomic E-state index is 0.0272. The van der Waals surface area contributed by atoms with Crippen LogP contribution in [0.25, 0.3) is 0 Å². The number of ether oxygens (including phenoxy) is 1. The first kappa shape index (κ1) is 11.0. The Kier molecular flexibility index (Phi) is 3.61. The van der Waals surface area contributed by atoms with Crippen molar-refractivity contribution in [3.8, 4) is 5.75 Å². The Balaban J connectivity index is 2.50. The molecular formula is C9H9NO5. The molecule has 0 fully saturated rings. The maximum atomic E-state index is 10.3. The first-order valence-electron chi connectivity index (χ1n) is 4.18. The molecule has 0 bridgehead atoms. The second-order valence-electron chi connectivity index (χ2n) is 2.74. The highest BCUT2D eigenvalue weighted by atomic mass is 16.6. The number of carboxylic acids is 1. The van der Waals surface area contributed by atoms with E-state index in [0.717, 1.165) is 0 Å². The molecule has 0 unspecified atom stereocenters. The zero-order valence-corrected chi connectivity index (χ0v) is 7.75. The van der Waals surface area contributed by atoms with Crippen LogP contribution in [0.5, 0.6) is 5.75 Å². The average molecular weight is 211 g/mol. The SMILES string of the molecule is O=C(O)CCOc1ccc([N+](=O)[O-])cc1. The highest BCUT2D eigenvalue weighted by Crippen LogP contribution is 2.17. The summed E-state index contributed by atoms with van der Waals surface area (Å²) in [6.45, 7) is 0.0488. The summed E-state index contributed by atoms with van der Waals surface area (Å²) in [5, 5.41) is 18.6. The molecule has 1 N–H and O–H groups in total. The van der Waals surface area contributed by atoms with Crippen molar-refractivity contribution < 1.29 is 19.6 Å². The second-order valence-corrected chi connectivity index (χ2v) is 2.74. The van der Waals surface area contributed by atoms with E-state index in [9.17, 15) is 14.9 Å². The molecule has 0 aliphatic carbocycles. The Morgan fingerprint density at radius 3 is 2.47 bits per heavy atom. The van der Waals surface area contributed by atoms with Crippen molar-refractivity contribution in [1.82, 2.24) is 0 Å². The van der Waals surface area contributed by atoms with E-state index in [1.807, 2.05) is 0 Å². The molecule has 0 radical (unpaired) electrons.